The molecule has 2 aliphatic heterocycles. The van der Waals surface area contributed by atoms with Crippen molar-refractivity contribution >= 4 is 52.0 Å². The number of hydrogen-bond acceptors (Lipinski definition) is 9. The molecule has 1 unspecified atom stereocenters. The van der Waals surface area contributed by atoms with Gasteiger partial charge in [0.2, 0.25) is 5.95 Å². The minimum Gasteiger partial charge on any atom is -0.379 e. The summed E-state index contributed by atoms with van der Waals surface area (Å²) in [6.07, 6.45) is 0. The van der Waals surface area contributed by atoms with Gasteiger partial charge in [-0.3, -0.25) is 18.9 Å². The smallest absolute Gasteiger partial charge is 0.281 e. The number of carbonyl (C=O) groups is 1. The van der Waals surface area contributed by atoms with Gasteiger partial charge < -0.3 is 19.7 Å². The molecule has 0 bridgehead atoms. The summed E-state index contributed by atoms with van der Waals surface area (Å²) in [7, 11) is 1.75. The van der Waals surface area contributed by atoms with Crippen molar-refractivity contribution in [2.45, 2.75) is 25.1 Å². The van der Waals surface area contributed by atoms with Gasteiger partial charge >= 0.3 is 0 Å². The molecule has 1 atom stereocenters. The van der Waals surface area contributed by atoms with Crippen molar-refractivity contribution in [1.82, 2.24) is 19.3 Å². The van der Waals surface area contributed by atoms with Crippen LogP contribution in [0.4, 0.5) is 11.6 Å². The van der Waals surface area contributed by atoms with Gasteiger partial charge in [-0.25, -0.2) is 9.97 Å². The Morgan fingerprint density at radius 3 is 2.65 bits per heavy atom. The molecular weight excluding hydrogens is 516 g/mol. The highest BCUT2D eigenvalue weighted by molar-refractivity contribution is 7.98. The molecule has 196 valence electrons. The first-order chi connectivity index (χ1) is 17.8. The highest BCUT2D eigenvalue weighted by Crippen LogP contribution is 2.29. The van der Waals surface area contributed by atoms with E-state index in [-0.39, 0.29) is 33.6 Å². The third kappa shape index (κ3) is 5.40. The second kappa shape index (κ2) is 10.9. The average molecular weight is 545 g/mol. The second-order valence-electron chi connectivity index (χ2n) is 9.23. The topological polar surface area (TPSA) is 111 Å². The predicted molar refractivity (Wildman–Crippen MR) is 146 cm³/mol. The van der Waals surface area contributed by atoms with Crippen molar-refractivity contribution in [3.05, 3.63) is 56.6 Å². The van der Waals surface area contributed by atoms with E-state index >= 15 is 0 Å². The standard InChI is InChI=1S/C25H29ClN6O4S/c1-14-10-17(21-18(11-14)24(34)31(3)25(29-21)32-6-8-35-9-7-32)15(2)27-19-4-5-20(26)28-22(19)23(33)30-37-16-12-36-13-16/h4-5,10-11,15-16,27H,6-9,12-13H2,1-3H3,(H,30,33). The molecule has 4 heterocycles. The molecule has 0 spiro atoms. The zero-order valence-electron chi connectivity index (χ0n) is 20.9. The highest BCUT2D eigenvalue weighted by atomic mass is 35.5. The first kappa shape index (κ1) is 25.8. The van der Waals surface area contributed by atoms with E-state index in [1.165, 1.54) is 11.9 Å². The van der Waals surface area contributed by atoms with Crippen molar-refractivity contribution in [3.8, 4) is 0 Å². The van der Waals surface area contributed by atoms with E-state index in [1.54, 1.807) is 23.7 Å². The van der Waals surface area contributed by atoms with Crippen LogP contribution in [0.5, 0.6) is 0 Å². The molecule has 2 fully saturated rings. The maximum Gasteiger partial charge on any atom is 0.281 e. The molecule has 0 aliphatic carbocycles. The number of halogens is 1. The van der Waals surface area contributed by atoms with Gasteiger partial charge in [0.25, 0.3) is 11.5 Å². The number of nitrogens with one attached hydrogen (secondary N) is 2. The van der Waals surface area contributed by atoms with Crippen molar-refractivity contribution in [1.29, 1.82) is 0 Å². The fourth-order valence-corrected chi connectivity index (χ4v) is 5.27. The van der Waals surface area contributed by atoms with E-state index in [9.17, 15) is 9.59 Å². The number of nitrogens with zero attached hydrogens (tertiary/aromatic N) is 4. The second-order valence-corrected chi connectivity index (χ2v) is 10.7. The van der Waals surface area contributed by atoms with Crippen LogP contribution >= 0.6 is 23.5 Å². The number of ether oxygens (including phenoxy) is 2. The first-order valence-electron chi connectivity index (χ1n) is 12.1. The molecular formula is C25H29ClN6O4S. The van der Waals surface area contributed by atoms with Crippen molar-refractivity contribution < 1.29 is 14.3 Å². The number of morpholine rings is 1. The van der Waals surface area contributed by atoms with Crippen LogP contribution in [-0.2, 0) is 16.5 Å². The van der Waals surface area contributed by atoms with E-state index in [4.69, 9.17) is 26.1 Å². The van der Waals surface area contributed by atoms with Crippen LogP contribution in [0.3, 0.4) is 0 Å². The van der Waals surface area contributed by atoms with E-state index in [2.05, 4.69) is 19.9 Å². The summed E-state index contributed by atoms with van der Waals surface area (Å²) in [4.78, 5) is 37.6. The molecule has 2 saturated heterocycles. The number of hydrogen-bond donors (Lipinski definition) is 2. The van der Waals surface area contributed by atoms with E-state index in [0.29, 0.717) is 62.1 Å². The van der Waals surface area contributed by atoms with Crippen molar-refractivity contribution in [2.24, 2.45) is 7.05 Å². The van der Waals surface area contributed by atoms with Gasteiger partial charge in [-0.2, -0.15) is 0 Å². The van der Waals surface area contributed by atoms with Crippen LogP contribution < -0.4 is 20.5 Å². The normalized spacial score (nSPS) is 16.9. The number of aromatic nitrogens is 3. The summed E-state index contributed by atoms with van der Waals surface area (Å²) in [5.41, 5.74) is 3.05. The van der Waals surface area contributed by atoms with Crippen molar-refractivity contribution in [3.63, 3.8) is 0 Å². The molecule has 0 radical (unpaired) electrons. The quantitative estimate of drug-likeness (QED) is 0.342. The predicted octanol–water partition coefficient (Wildman–Crippen LogP) is 3.08. The Morgan fingerprint density at radius 1 is 1.19 bits per heavy atom. The van der Waals surface area contributed by atoms with Crippen LogP contribution in [0.2, 0.25) is 5.15 Å². The first-order valence-corrected chi connectivity index (χ1v) is 13.4. The Labute approximate surface area is 223 Å². The average Bonchev–Trinajstić information content (AvgIpc) is 2.86. The molecule has 0 saturated carbocycles. The molecule has 1 aromatic carbocycles. The Hall–Kier alpha value is -2.86. The molecule has 5 rings (SSSR count). The number of rotatable bonds is 7. The Morgan fingerprint density at radius 2 is 1.95 bits per heavy atom. The maximum atomic E-state index is 13.4. The van der Waals surface area contributed by atoms with Gasteiger partial charge in [0.15, 0.2) is 5.69 Å². The van der Waals surface area contributed by atoms with Gasteiger partial charge in [0.1, 0.15) is 5.15 Å². The summed E-state index contributed by atoms with van der Waals surface area (Å²) in [5.74, 6) is 0.271. The zero-order valence-corrected chi connectivity index (χ0v) is 22.5. The third-order valence-corrected chi connectivity index (χ3v) is 7.58. The summed E-state index contributed by atoms with van der Waals surface area (Å²) in [6, 6.07) is 6.97. The van der Waals surface area contributed by atoms with Crippen LogP contribution in [0.15, 0.2) is 29.1 Å². The van der Waals surface area contributed by atoms with Crippen molar-refractivity contribution in [2.75, 3.05) is 49.7 Å². The lowest BCUT2D eigenvalue weighted by molar-refractivity contribution is 0.0452. The summed E-state index contributed by atoms with van der Waals surface area (Å²) < 4.78 is 15.1. The lowest BCUT2D eigenvalue weighted by Crippen LogP contribution is -2.40. The van der Waals surface area contributed by atoms with Crippen LogP contribution in [-0.4, -0.2) is 65.2 Å². The van der Waals surface area contributed by atoms with Gasteiger partial charge in [0.05, 0.1) is 54.3 Å². The Bertz CT molecular complexity index is 1390. The fourth-order valence-electron chi connectivity index (χ4n) is 4.42. The number of aryl methyl sites for hydroxylation is 1. The zero-order chi connectivity index (χ0) is 26.1. The van der Waals surface area contributed by atoms with E-state index < -0.39 is 0 Å². The number of pyridine rings is 1. The lowest BCUT2D eigenvalue weighted by atomic mass is 10.0. The van der Waals surface area contributed by atoms with Gasteiger partial charge in [-0.15, -0.1) is 0 Å². The molecule has 2 N–H and O–H groups in total. The highest BCUT2D eigenvalue weighted by Gasteiger charge is 2.24. The number of anilines is 2. The summed E-state index contributed by atoms with van der Waals surface area (Å²) in [6.45, 7) is 7.65. The summed E-state index contributed by atoms with van der Waals surface area (Å²) >= 11 is 7.45. The van der Waals surface area contributed by atoms with Crippen LogP contribution in [0.1, 0.15) is 34.6 Å². The lowest BCUT2D eigenvalue weighted by Gasteiger charge is -2.29. The SMILES string of the molecule is Cc1cc(C(C)Nc2ccc(Cl)nc2C(=O)NSC2COC2)c2nc(N3CCOCC3)n(C)c(=O)c2c1. The molecule has 2 aliphatic rings. The Balaban J connectivity index is 1.49. The van der Waals surface area contributed by atoms with E-state index in [1.807, 2.05) is 26.0 Å². The van der Waals surface area contributed by atoms with Crippen LogP contribution in [0, 0.1) is 6.92 Å². The fraction of sp³-hybridized carbons (Fsp3) is 0.440. The summed E-state index contributed by atoms with van der Waals surface area (Å²) in [5, 5.41) is 4.41. The monoisotopic (exact) mass is 544 g/mol. The molecule has 3 aromatic rings. The van der Waals surface area contributed by atoms with Gasteiger partial charge in [-0.1, -0.05) is 17.7 Å². The Kier molecular flexibility index (Phi) is 7.57. The van der Waals surface area contributed by atoms with E-state index in [0.717, 1.165) is 11.1 Å². The molecule has 37 heavy (non-hydrogen) atoms. The van der Waals surface area contributed by atoms with Gasteiger partial charge in [-0.05, 0) is 49.6 Å². The number of amides is 1. The molecule has 1 amide bonds. The minimum atomic E-state index is -0.343. The molecule has 10 nitrogen and oxygen atoms in total. The molecule has 2 aromatic heterocycles. The number of fused-ring (bicyclic) bond motifs is 1. The largest absolute Gasteiger partial charge is 0.379 e. The van der Waals surface area contributed by atoms with Gasteiger partial charge in [0, 0.05) is 25.7 Å². The molecule has 12 heteroatoms. The minimum absolute atomic E-state index is 0.103. The third-order valence-electron chi connectivity index (χ3n) is 6.47. The maximum absolute atomic E-state index is 13.4. The number of carbonyl (C=O) groups excluding carboxylic acids is 1. The van der Waals surface area contributed by atoms with Crippen LogP contribution in [0.25, 0.3) is 10.9 Å². The number of benzene rings is 1.